The van der Waals surface area contributed by atoms with Crippen molar-refractivity contribution >= 4 is 32.6 Å². The highest BCUT2D eigenvalue weighted by atomic mass is 32.1. The summed E-state index contributed by atoms with van der Waals surface area (Å²) in [5, 5.41) is 3.88. The van der Waals surface area contributed by atoms with Crippen molar-refractivity contribution in [3.05, 3.63) is 90.0 Å². The quantitative estimate of drug-likeness (QED) is 0.390. The lowest BCUT2D eigenvalue weighted by atomic mass is 9.88. The molecule has 0 saturated carbocycles. The van der Waals surface area contributed by atoms with Gasteiger partial charge in [0.05, 0.1) is 18.4 Å². The highest BCUT2D eigenvalue weighted by Crippen LogP contribution is 2.33. The Morgan fingerprint density at radius 2 is 1.66 bits per heavy atom. The Morgan fingerprint density at radius 3 is 2.28 bits per heavy atom. The number of rotatable bonds is 9. The van der Waals surface area contributed by atoms with E-state index in [0.717, 1.165) is 27.5 Å². The van der Waals surface area contributed by atoms with Crippen LogP contribution in [0, 0.1) is 0 Å². The molecule has 1 amide bonds. The molecule has 0 aliphatic carbocycles. The molecule has 3 aromatic carbocycles. The molecule has 1 heterocycles. The zero-order chi connectivity index (χ0) is 22.3. The van der Waals surface area contributed by atoms with Gasteiger partial charge in [-0.15, -0.1) is 0 Å². The van der Waals surface area contributed by atoms with E-state index in [9.17, 15) is 4.79 Å². The Hall–Kier alpha value is -3.38. The van der Waals surface area contributed by atoms with E-state index in [1.807, 2.05) is 42.3 Å². The van der Waals surface area contributed by atoms with Crippen LogP contribution in [-0.2, 0) is 4.79 Å². The number of aromatic nitrogens is 1. The molecule has 1 N–H and O–H groups in total. The number of fused-ring (bicyclic) bond motifs is 1. The largest absolute Gasteiger partial charge is 0.494 e. The maximum atomic E-state index is 12.6. The second kappa shape index (κ2) is 10.3. The van der Waals surface area contributed by atoms with Gasteiger partial charge in [-0.1, -0.05) is 78.1 Å². The molecular formula is C26H27N3O2S. The molecule has 5 nitrogen and oxygen atoms in total. The predicted molar refractivity (Wildman–Crippen MR) is 132 cm³/mol. The van der Waals surface area contributed by atoms with Crippen molar-refractivity contribution in [1.29, 1.82) is 0 Å². The van der Waals surface area contributed by atoms with Gasteiger partial charge in [-0.05, 0) is 29.7 Å². The van der Waals surface area contributed by atoms with Gasteiger partial charge in [0.25, 0.3) is 0 Å². The molecule has 0 fully saturated rings. The molecule has 0 aliphatic heterocycles. The minimum atomic E-state index is -0.0152. The second-order valence-electron chi connectivity index (χ2n) is 7.67. The summed E-state index contributed by atoms with van der Waals surface area (Å²) in [6.45, 7) is 0.859. The van der Waals surface area contributed by atoms with Crippen molar-refractivity contribution in [2.24, 2.45) is 0 Å². The number of anilines is 1. The summed E-state index contributed by atoms with van der Waals surface area (Å²) in [6, 6.07) is 26.8. The van der Waals surface area contributed by atoms with Crippen LogP contribution in [0.25, 0.3) is 10.2 Å². The van der Waals surface area contributed by atoms with Crippen LogP contribution in [0.2, 0.25) is 0 Å². The van der Waals surface area contributed by atoms with E-state index in [4.69, 9.17) is 4.74 Å². The van der Waals surface area contributed by atoms with Crippen molar-refractivity contribution < 1.29 is 9.53 Å². The van der Waals surface area contributed by atoms with E-state index >= 15 is 0 Å². The van der Waals surface area contributed by atoms with E-state index in [0.29, 0.717) is 6.54 Å². The average Bonchev–Trinajstić information content (AvgIpc) is 3.28. The number of nitrogens with zero attached hydrogens (tertiary/aromatic N) is 2. The SMILES string of the molecule is COc1cccc2sc(N(C)CC(=O)NCCC(c3ccccc3)c3ccccc3)nc12. The van der Waals surface area contributed by atoms with Crippen LogP contribution in [-0.4, -0.2) is 38.1 Å². The third-order valence-electron chi connectivity index (χ3n) is 5.46. The van der Waals surface area contributed by atoms with E-state index in [-0.39, 0.29) is 18.4 Å². The fourth-order valence-electron chi connectivity index (χ4n) is 3.83. The van der Waals surface area contributed by atoms with Gasteiger partial charge < -0.3 is 15.0 Å². The Morgan fingerprint density at radius 1 is 1.00 bits per heavy atom. The van der Waals surface area contributed by atoms with Gasteiger partial charge in [-0.3, -0.25) is 4.79 Å². The van der Waals surface area contributed by atoms with Gasteiger partial charge in [-0.2, -0.15) is 0 Å². The molecule has 0 atom stereocenters. The number of hydrogen-bond donors (Lipinski definition) is 1. The molecular weight excluding hydrogens is 418 g/mol. The van der Waals surface area contributed by atoms with Crippen molar-refractivity contribution in [3.8, 4) is 5.75 Å². The third-order valence-corrected chi connectivity index (χ3v) is 6.59. The average molecular weight is 446 g/mol. The van der Waals surface area contributed by atoms with Gasteiger partial charge in [-0.25, -0.2) is 4.98 Å². The summed E-state index contributed by atoms with van der Waals surface area (Å²) in [5.74, 6) is 0.974. The summed E-state index contributed by atoms with van der Waals surface area (Å²) in [6.07, 6.45) is 0.835. The van der Waals surface area contributed by atoms with Crippen LogP contribution in [0.1, 0.15) is 23.5 Å². The summed E-state index contributed by atoms with van der Waals surface area (Å²) in [5.41, 5.74) is 3.35. The first-order chi connectivity index (χ1) is 15.7. The monoisotopic (exact) mass is 445 g/mol. The summed E-state index contributed by atoms with van der Waals surface area (Å²) < 4.78 is 6.44. The molecule has 0 unspecified atom stereocenters. The highest BCUT2D eigenvalue weighted by Gasteiger charge is 2.16. The van der Waals surface area contributed by atoms with E-state index in [1.54, 1.807) is 18.4 Å². The Kier molecular flexibility index (Phi) is 7.02. The number of nitrogens with one attached hydrogen (secondary N) is 1. The summed E-state index contributed by atoms with van der Waals surface area (Å²) in [7, 11) is 3.53. The molecule has 1 aromatic heterocycles. The number of thiazole rings is 1. The number of para-hydroxylation sites is 1. The van der Waals surface area contributed by atoms with Gasteiger partial charge in [0.15, 0.2) is 5.13 Å². The van der Waals surface area contributed by atoms with Crippen LogP contribution in [0.4, 0.5) is 5.13 Å². The number of likely N-dealkylation sites (N-methyl/N-ethyl adjacent to an activating group) is 1. The molecule has 164 valence electrons. The van der Waals surface area contributed by atoms with Crippen LogP contribution >= 0.6 is 11.3 Å². The molecule has 6 heteroatoms. The first kappa shape index (κ1) is 21.8. The minimum absolute atomic E-state index is 0.0152. The molecule has 0 radical (unpaired) electrons. The molecule has 0 bridgehead atoms. The smallest absolute Gasteiger partial charge is 0.239 e. The second-order valence-corrected chi connectivity index (χ2v) is 8.68. The maximum absolute atomic E-state index is 12.6. The van der Waals surface area contributed by atoms with Gasteiger partial charge in [0, 0.05) is 19.5 Å². The Labute approximate surface area is 192 Å². The number of benzene rings is 3. The first-order valence-corrected chi connectivity index (χ1v) is 11.5. The Balaban J connectivity index is 1.37. The molecule has 0 spiro atoms. The normalized spacial score (nSPS) is 11.0. The third kappa shape index (κ3) is 5.08. The fourth-order valence-corrected chi connectivity index (χ4v) is 4.77. The lowest BCUT2D eigenvalue weighted by molar-refractivity contribution is -0.119. The zero-order valence-electron chi connectivity index (χ0n) is 18.3. The van der Waals surface area contributed by atoms with E-state index < -0.39 is 0 Å². The molecule has 0 saturated heterocycles. The van der Waals surface area contributed by atoms with Crippen LogP contribution in [0.3, 0.4) is 0 Å². The maximum Gasteiger partial charge on any atom is 0.239 e. The van der Waals surface area contributed by atoms with Crippen molar-refractivity contribution in [2.75, 3.05) is 32.1 Å². The predicted octanol–water partition coefficient (Wildman–Crippen LogP) is 5.08. The van der Waals surface area contributed by atoms with Crippen molar-refractivity contribution in [3.63, 3.8) is 0 Å². The van der Waals surface area contributed by atoms with Gasteiger partial charge in [0.2, 0.25) is 5.91 Å². The summed E-state index contributed by atoms with van der Waals surface area (Å²) in [4.78, 5) is 19.2. The molecule has 32 heavy (non-hydrogen) atoms. The first-order valence-electron chi connectivity index (χ1n) is 10.7. The summed E-state index contributed by atoms with van der Waals surface area (Å²) >= 11 is 1.56. The zero-order valence-corrected chi connectivity index (χ0v) is 19.1. The molecule has 4 rings (SSSR count). The molecule has 4 aromatic rings. The fraction of sp³-hybridized carbons (Fsp3) is 0.231. The van der Waals surface area contributed by atoms with Crippen LogP contribution in [0.15, 0.2) is 78.9 Å². The van der Waals surface area contributed by atoms with Crippen LogP contribution in [0.5, 0.6) is 5.75 Å². The number of carbonyl (C=O) groups excluding carboxylic acids is 1. The van der Waals surface area contributed by atoms with Gasteiger partial charge in [0.1, 0.15) is 11.3 Å². The van der Waals surface area contributed by atoms with Gasteiger partial charge >= 0.3 is 0 Å². The standard InChI is InChI=1S/C26H27N3O2S/c1-29(26-28-25-22(31-2)14-9-15-23(25)32-26)18-24(30)27-17-16-21(19-10-5-3-6-11-19)20-12-7-4-8-13-20/h3-15,21H,16-18H2,1-2H3,(H,27,30). The number of carbonyl (C=O) groups is 1. The van der Waals surface area contributed by atoms with Crippen molar-refractivity contribution in [1.82, 2.24) is 10.3 Å². The number of hydrogen-bond acceptors (Lipinski definition) is 5. The van der Waals surface area contributed by atoms with E-state index in [2.05, 4.69) is 58.8 Å². The molecule has 0 aliphatic rings. The number of amides is 1. The van der Waals surface area contributed by atoms with Crippen LogP contribution < -0.4 is 15.0 Å². The minimum Gasteiger partial charge on any atom is -0.494 e. The Bertz CT molecular complexity index is 1120. The lowest BCUT2D eigenvalue weighted by Crippen LogP contribution is -2.36. The van der Waals surface area contributed by atoms with E-state index in [1.165, 1.54) is 11.1 Å². The lowest BCUT2D eigenvalue weighted by Gasteiger charge is -2.19. The number of ether oxygens (including phenoxy) is 1. The number of methoxy groups -OCH3 is 1. The highest BCUT2D eigenvalue weighted by molar-refractivity contribution is 7.22. The van der Waals surface area contributed by atoms with Crippen molar-refractivity contribution in [2.45, 2.75) is 12.3 Å². The topological polar surface area (TPSA) is 54.5 Å².